The molecule has 6 heteroatoms. The first-order valence-electron chi connectivity index (χ1n) is 6.91. The number of phenolic OH excluding ortho intramolecular Hbond substituents is 1. The zero-order valence-corrected chi connectivity index (χ0v) is 13.5. The number of benzene rings is 2. The lowest BCUT2D eigenvalue weighted by Gasteiger charge is -2.12. The highest BCUT2D eigenvalue weighted by Crippen LogP contribution is 2.34. The summed E-state index contributed by atoms with van der Waals surface area (Å²) in [6, 6.07) is 11.2. The minimum atomic E-state index is -3.40. The highest BCUT2D eigenvalue weighted by molar-refractivity contribution is 7.90. The van der Waals surface area contributed by atoms with Gasteiger partial charge in [-0.25, -0.2) is 8.42 Å². The van der Waals surface area contributed by atoms with E-state index >= 15 is 0 Å². The number of rotatable bonds is 2. The van der Waals surface area contributed by atoms with E-state index in [9.17, 15) is 18.3 Å². The Labute approximate surface area is 133 Å². The van der Waals surface area contributed by atoms with Crippen molar-refractivity contribution in [3.8, 4) is 16.9 Å². The van der Waals surface area contributed by atoms with Crippen LogP contribution in [0.1, 0.15) is 0 Å². The van der Waals surface area contributed by atoms with Gasteiger partial charge >= 0.3 is 0 Å². The van der Waals surface area contributed by atoms with Gasteiger partial charge in [-0.15, -0.1) is 0 Å². The van der Waals surface area contributed by atoms with Crippen LogP contribution in [-0.2, 0) is 16.9 Å². The van der Waals surface area contributed by atoms with Gasteiger partial charge in [0.25, 0.3) is 5.56 Å². The van der Waals surface area contributed by atoms with Gasteiger partial charge in [-0.05, 0) is 29.7 Å². The van der Waals surface area contributed by atoms with E-state index in [-0.39, 0.29) is 16.2 Å². The maximum Gasteiger partial charge on any atom is 0.258 e. The fourth-order valence-corrected chi connectivity index (χ4v) is 3.24. The van der Waals surface area contributed by atoms with Crippen molar-refractivity contribution in [1.29, 1.82) is 0 Å². The molecule has 0 unspecified atom stereocenters. The molecule has 0 radical (unpaired) electrons. The van der Waals surface area contributed by atoms with Crippen molar-refractivity contribution in [2.24, 2.45) is 7.05 Å². The highest BCUT2D eigenvalue weighted by atomic mass is 32.2. The van der Waals surface area contributed by atoms with Gasteiger partial charge in [-0.2, -0.15) is 0 Å². The molecular formula is C17H15NO4S. The fraction of sp³-hybridized carbons (Fsp3) is 0.118. The topological polar surface area (TPSA) is 76.4 Å². The Hall–Kier alpha value is -2.60. The number of pyridine rings is 1. The Bertz CT molecular complexity index is 1080. The summed E-state index contributed by atoms with van der Waals surface area (Å²) in [7, 11) is -1.78. The van der Waals surface area contributed by atoms with Crippen LogP contribution in [-0.4, -0.2) is 24.3 Å². The summed E-state index contributed by atoms with van der Waals surface area (Å²) in [5.74, 6) is -0.0406. The molecule has 0 saturated carbocycles. The van der Waals surface area contributed by atoms with E-state index in [4.69, 9.17) is 0 Å². The molecule has 0 aliphatic heterocycles. The summed E-state index contributed by atoms with van der Waals surface area (Å²) in [6.07, 6.45) is 2.72. The number of aromatic nitrogens is 1. The second-order valence-electron chi connectivity index (χ2n) is 5.46. The number of fused-ring (bicyclic) bond motifs is 1. The van der Waals surface area contributed by atoms with Crippen LogP contribution in [0.25, 0.3) is 21.9 Å². The molecular weight excluding hydrogens is 314 g/mol. The number of nitrogens with zero attached hydrogens (tertiary/aromatic N) is 1. The van der Waals surface area contributed by atoms with E-state index in [1.807, 2.05) is 0 Å². The van der Waals surface area contributed by atoms with E-state index in [0.717, 1.165) is 6.26 Å². The average molecular weight is 329 g/mol. The first-order valence-corrected chi connectivity index (χ1v) is 8.80. The van der Waals surface area contributed by atoms with Gasteiger partial charge in [0.2, 0.25) is 0 Å². The zero-order chi connectivity index (χ0) is 16.8. The van der Waals surface area contributed by atoms with E-state index in [1.165, 1.54) is 22.8 Å². The summed E-state index contributed by atoms with van der Waals surface area (Å²) in [6.45, 7) is 0. The Morgan fingerprint density at radius 2 is 1.65 bits per heavy atom. The van der Waals surface area contributed by atoms with Crippen molar-refractivity contribution in [1.82, 2.24) is 4.57 Å². The number of phenols is 1. The maximum atomic E-state index is 12.2. The Kier molecular flexibility index (Phi) is 3.49. The van der Waals surface area contributed by atoms with Gasteiger partial charge in [0.15, 0.2) is 9.84 Å². The normalized spacial score (nSPS) is 11.7. The second kappa shape index (κ2) is 5.24. The van der Waals surface area contributed by atoms with Crippen molar-refractivity contribution in [3.63, 3.8) is 0 Å². The first-order chi connectivity index (χ1) is 10.8. The van der Waals surface area contributed by atoms with E-state index < -0.39 is 9.84 Å². The quantitative estimate of drug-likeness (QED) is 0.783. The van der Waals surface area contributed by atoms with Gasteiger partial charge in [-0.1, -0.05) is 18.2 Å². The molecule has 3 aromatic rings. The summed E-state index contributed by atoms with van der Waals surface area (Å²) in [5, 5.41) is 11.4. The molecule has 0 fully saturated rings. The van der Waals surface area contributed by atoms with Gasteiger partial charge < -0.3 is 9.67 Å². The van der Waals surface area contributed by atoms with Crippen molar-refractivity contribution in [3.05, 3.63) is 59.0 Å². The van der Waals surface area contributed by atoms with E-state index in [1.54, 1.807) is 37.5 Å². The first kappa shape index (κ1) is 15.3. The van der Waals surface area contributed by atoms with Crippen LogP contribution in [0.4, 0.5) is 0 Å². The molecule has 2 aromatic carbocycles. The summed E-state index contributed by atoms with van der Waals surface area (Å²) in [4.78, 5) is 12.3. The molecule has 1 N–H and O–H groups in total. The number of hydrogen-bond acceptors (Lipinski definition) is 4. The predicted molar refractivity (Wildman–Crippen MR) is 89.4 cm³/mol. The third-order valence-electron chi connectivity index (χ3n) is 3.78. The van der Waals surface area contributed by atoms with Crippen LogP contribution >= 0.6 is 0 Å². The molecule has 0 aliphatic rings. The lowest BCUT2D eigenvalue weighted by Crippen LogP contribution is -2.16. The Morgan fingerprint density at radius 3 is 2.30 bits per heavy atom. The minimum Gasteiger partial charge on any atom is -0.507 e. The van der Waals surface area contributed by atoms with Crippen molar-refractivity contribution in [2.45, 2.75) is 4.90 Å². The number of aryl methyl sites for hydroxylation is 1. The lowest BCUT2D eigenvalue weighted by molar-refractivity contribution is 0.477. The monoisotopic (exact) mass is 329 g/mol. The average Bonchev–Trinajstić information content (AvgIpc) is 2.50. The van der Waals surface area contributed by atoms with Crippen molar-refractivity contribution >= 4 is 20.6 Å². The lowest BCUT2D eigenvalue weighted by atomic mass is 10.00. The molecule has 1 aromatic heterocycles. The summed E-state index contributed by atoms with van der Waals surface area (Å²) in [5.41, 5.74) is 0.827. The molecule has 5 nitrogen and oxygen atoms in total. The van der Waals surface area contributed by atoms with Crippen LogP contribution in [0, 0.1) is 0 Å². The van der Waals surface area contributed by atoms with Gasteiger partial charge in [0, 0.05) is 36.0 Å². The number of hydrogen-bond donors (Lipinski definition) is 1. The fourth-order valence-electron chi connectivity index (χ4n) is 2.59. The van der Waals surface area contributed by atoms with Crippen molar-refractivity contribution < 1.29 is 13.5 Å². The SMILES string of the molecule is Cn1cc(-c2cc(S(C)(=O)=O)ccc2O)c2ccccc2c1=O. The largest absolute Gasteiger partial charge is 0.507 e. The molecule has 1 heterocycles. The van der Waals surface area contributed by atoms with Gasteiger partial charge in [0.05, 0.1) is 4.90 Å². The molecule has 23 heavy (non-hydrogen) atoms. The van der Waals surface area contributed by atoms with E-state index in [0.29, 0.717) is 21.9 Å². The highest BCUT2D eigenvalue weighted by Gasteiger charge is 2.15. The predicted octanol–water partition coefficient (Wildman–Crippen LogP) is 2.31. The maximum absolute atomic E-state index is 12.2. The Morgan fingerprint density at radius 1 is 1.00 bits per heavy atom. The van der Waals surface area contributed by atoms with Crippen LogP contribution < -0.4 is 5.56 Å². The number of sulfone groups is 1. The van der Waals surface area contributed by atoms with E-state index in [2.05, 4.69) is 0 Å². The standard InChI is InChI=1S/C17H15NO4S/c1-18-10-15(12-5-3-4-6-13(12)17(18)20)14-9-11(23(2,21)22)7-8-16(14)19/h3-10,19H,1-2H3. The second-order valence-corrected chi connectivity index (χ2v) is 7.47. The number of aromatic hydroxyl groups is 1. The van der Waals surface area contributed by atoms with Gasteiger partial charge in [-0.3, -0.25) is 4.79 Å². The smallest absolute Gasteiger partial charge is 0.258 e. The molecule has 0 saturated heterocycles. The van der Waals surface area contributed by atoms with Crippen LogP contribution in [0.15, 0.2) is 58.4 Å². The minimum absolute atomic E-state index is 0.0406. The Balaban J connectivity index is 2.43. The van der Waals surface area contributed by atoms with Crippen molar-refractivity contribution in [2.75, 3.05) is 6.26 Å². The third-order valence-corrected chi connectivity index (χ3v) is 4.89. The third kappa shape index (κ3) is 2.61. The molecule has 0 bridgehead atoms. The van der Waals surface area contributed by atoms with Gasteiger partial charge in [0.1, 0.15) is 5.75 Å². The molecule has 0 aliphatic carbocycles. The van der Waals surface area contributed by atoms with Crippen LogP contribution in [0.3, 0.4) is 0 Å². The summed E-state index contributed by atoms with van der Waals surface area (Å²) >= 11 is 0. The van der Waals surface area contributed by atoms with Crippen LogP contribution in [0.2, 0.25) is 0 Å². The molecule has 3 rings (SSSR count). The molecule has 0 amide bonds. The molecule has 0 spiro atoms. The zero-order valence-electron chi connectivity index (χ0n) is 12.6. The summed E-state index contributed by atoms with van der Waals surface area (Å²) < 4.78 is 25.0. The molecule has 0 atom stereocenters. The molecule has 118 valence electrons. The van der Waals surface area contributed by atoms with Crippen LogP contribution in [0.5, 0.6) is 5.75 Å².